The molecule has 2 atom stereocenters. The van der Waals surface area contributed by atoms with Crippen molar-refractivity contribution < 1.29 is 13.9 Å². The van der Waals surface area contributed by atoms with Gasteiger partial charge in [0.05, 0.1) is 16.8 Å². The number of pyridine rings is 1. The molecule has 0 bridgehead atoms. The molecular weight excluding hydrogens is 503 g/mol. The number of carbonyl (C=O) groups is 1. The Morgan fingerprint density at radius 2 is 2.03 bits per heavy atom. The van der Waals surface area contributed by atoms with Crippen LogP contribution in [-0.2, 0) is 4.74 Å². The summed E-state index contributed by atoms with van der Waals surface area (Å²) in [4.78, 5) is 36.3. The number of thioether (sulfide) groups is 1. The lowest BCUT2D eigenvalue weighted by Gasteiger charge is -2.28. The van der Waals surface area contributed by atoms with Gasteiger partial charge < -0.3 is 14.2 Å². The van der Waals surface area contributed by atoms with Crippen LogP contribution in [0.3, 0.4) is 0 Å². The van der Waals surface area contributed by atoms with Crippen LogP contribution < -0.4 is 5.56 Å². The van der Waals surface area contributed by atoms with E-state index in [0.29, 0.717) is 41.5 Å². The highest BCUT2D eigenvalue weighted by atomic mass is 35.5. The third-order valence-corrected chi connectivity index (χ3v) is 6.84. The number of hydrogen-bond donors (Lipinski definition) is 0. The van der Waals surface area contributed by atoms with Crippen LogP contribution in [0.1, 0.15) is 38.8 Å². The minimum atomic E-state index is -0.613. The summed E-state index contributed by atoms with van der Waals surface area (Å²) in [6.07, 6.45) is 5.47. The predicted molar refractivity (Wildman–Crippen MR) is 139 cm³/mol. The number of benzene rings is 1. The maximum Gasteiger partial charge on any atom is 0.410 e. The summed E-state index contributed by atoms with van der Waals surface area (Å²) in [6, 6.07) is 9.16. The molecule has 0 spiro atoms. The Morgan fingerprint density at radius 3 is 2.69 bits per heavy atom. The van der Waals surface area contributed by atoms with E-state index in [1.807, 2.05) is 33.1 Å². The van der Waals surface area contributed by atoms with E-state index in [1.54, 1.807) is 34.0 Å². The van der Waals surface area contributed by atoms with E-state index in [-0.39, 0.29) is 16.5 Å². The van der Waals surface area contributed by atoms with Crippen LogP contribution in [0.15, 0.2) is 58.7 Å². The van der Waals surface area contributed by atoms with Crippen LogP contribution in [-0.4, -0.2) is 50.5 Å². The number of likely N-dealkylation sites (tertiary alicyclic amines) is 1. The third-order valence-electron chi connectivity index (χ3n) is 5.97. The van der Waals surface area contributed by atoms with Crippen LogP contribution >= 0.6 is 23.4 Å². The largest absolute Gasteiger partial charge is 0.444 e. The fourth-order valence-electron chi connectivity index (χ4n) is 4.37. The Bertz CT molecular complexity index is 1330. The van der Waals surface area contributed by atoms with Gasteiger partial charge >= 0.3 is 6.09 Å². The molecule has 1 unspecified atom stereocenters. The first kappa shape index (κ1) is 26.2. The first-order valence-corrected chi connectivity index (χ1v) is 13.2. The Labute approximate surface area is 218 Å². The van der Waals surface area contributed by atoms with Gasteiger partial charge in [0.1, 0.15) is 11.4 Å². The SMILES string of the molecule is CSc1nccc(-c2ccn([C@@H](c3ccc(Cl)c(F)c3)C3CCN(C(=O)OC(C)(C)C)C3)c(=O)c2)n1. The second-order valence-electron chi connectivity index (χ2n) is 9.68. The van der Waals surface area contributed by atoms with Gasteiger partial charge in [0.15, 0.2) is 5.16 Å². The molecule has 3 heterocycles. The number of aromatic nitrogens is 3. The average molecular weight is 531 g/mol. The van der Waals surface area contributed by atoms with Crippen LogP contribution in [0.4, 0.5) is 9.18 Å². The van der Waals surface area contributed by atoms with Gasteiger partial charge in [0, 0.05) is 43.0 Å². The second-order valence-corrected chi connectivity index (χ2v) is 10.9. The lowest BCUT2D eigenvalue weighted by atomic mass is 9.91. The summed E-state index contributed by atoms with van der Waals surface area (Å²) in [5.74, 6) is -0.694. The standard InChI is InChI=1S/C26H28ClFN4O3S/c1-26(2,3)35-25(34)31-11-8-18(15-31)23(17-5-6-19(27)20(28)13-17)32-12-9-16(14-22(32)33)21-7-10-29-24(30-21)36-4/h5-7,9-10,12-14,18,23H,8,11,15H2,1-4H3/t18?,23-/m0/s1. The van der Waals surface area contributed by atoms with E-state index >= 15 is 0 Å². The van der Waals surface area contributed by atoms with Crippen molar-refractivity contribution in [3.05, 3.63) is 75.5 Å². The van der Waals surface area contributed by atoms with E-state index in [0.717, 1.165) is 0 Å². The quantitative estimate of drug-likeness (QED) is 0.312. The fourth-order valence-corrected chi connectivity index (χ4v) is 4.85. The highest BCUT2D eigenvalue weighted by Gasteiger charge is 2.36. The number of ether oxygens (including phenoxy) is 1. The second kappa shape index (κ2) is 10.6. The maximum absolute atomic E-state index is 14.5. The van der Waals surface area contributed by atoms with Crippen molar-refractivity contribution >= 4 is 29.5 Å². The van der Waals surface area contributed by atoms with Crippen molar-refractivity contribution in [1.29, 1.82) is 0 Å². The van der Waals surface area contributed by atoms with Crippen molar-refractivity contribution in [1.82, 2.24) is 19.4 Å². The van der Waals surface area contributed by atoms with E-state index in [2.05, 4.69) is 9.97 Å². The Balaban J connectivity index is 1.70. The van der Waals surface area contributed by atoms with Gasteiger partial charge in [0.2, 0.25) is 0 Å². The summed E-state index contributed by atoms with van der Waals surface area (Å²) in [5, 5.41) is 0.620. The molecule has 0 N–H and O–H groups in total. The summed E-state index contributed by atoms with van der Waals surface area (Å²) < 4.78 is 21.6. The summed E-state index contributed by atoms with van der Waals surface area (Å²) >= 11 is 7.35. The molecule has 2 aromatic heterocycles. The van der Waals surface area contributed by atoms with Crippen molar-refractivity contribution in [2.75, 3.05) is 19.3 Å². The van der Waals surface area contributed by atoms with E-state index in [9.17, 15) is 14.0 Å². The van der Waals surface area contributed by atoms with Gasteiger partial charge in [0.25, 0.3) is 5.56 Å². The molecule has 36 heavy (non-hydrogen) atoms. The van der Waals surface area contributed by atoms with E-state index < -0.39 is 23.6 Å². The number of halogens is 2. The lowest BCUT2D eigenvalue weighted by molar-refractivity contribution is 0.0285. The monoisotopic (exact) mass is 530 g/mol. The lowest BCUT2D eigenvalue weighted by Crippen LogP contribution is -2.37. The van der Waals surface area contributed by atoms with Crippen molar-refractivity contribution in [3.63, 3.8) is 0 Å². The number of amides is 1. The molecule has 7 nitrogen and oxygen atoms in total. The van der Waals surface area contributed by atoms with Crippen molar-refractivity contribution in [3.8, 4) is 11.3 Å². The third kappa shape index (κ3) is 5.90. The average Bonchev–Trinajstić information content (AvgIpc) is 3.31. The van der Waals surface area contributed by atoms with Gasteiger partial charge in [-0.3, -0.25) is 4.79 Å². The molecule has 190 valence electrons. The molecule has 1 aliphatic heterocycles. The van der Waals surface area contributed by atoms with Gasteiger partial charge in [-0.25, -0.2) is 19.2 Å². The Hall–Kier alpha value is -2.91. The molecule has 10 heteroatoms. The zero-order valence-electron chi connectivity index (χ0n) is 20.6. The van der Waals surface area contributed by atoms with Gasteiger partial charge in [-0.15, -0.1) is 0 Å². The predicted octanol–water partition coefficient (Wildman–Crippen LogP) is 5.67. The highest BCUT2D eigenvalue weighted by molar-refractivity contribution is 7.98. The van der Waals surface area contributed by atoms with Crippen LogP contribution in [0.5, 0.6) is 0 Å². The minimum absolute atomic E-state index is 0.00959. The first-order valence-electron chi connectivity index (χ1n) is 11.6. The number of rotatable bonds is 5. The molecule has 1 aliphatic rings. The van der Waals surface area contributed by atoms with Gasteiger partial charge in [-0.2, -0.15) is 0 Å². The van der Waals surface area contributed by atoms with E-state index in [4.69, 9.17) is 16.3 Å². The smallest absolute Gasteiger partial charge is 0.410 e. The topological polar surface area (TPSA) is 77.3 Å². The molecule has 0 aliphatic carbocycles. The molecule has 3 aromatic rings. The molecule has 1 fully saturated rings. The highest BCUT2D eigenvalue weighted by Crippen LogP contribution is 2.35. The number of hydrogen-bond acceptors (Lipinski definition) is 6. The van der Waals surface area contributed by atoms with Gasteiger partial charge in [-0.05, 0) is 63.3 Å². The minimum Gasteiger partial charge on any atom is -0.444 e. The zero-order valence-corrected chi connectivity index (χ0v) is 22.1. The first-order chi connectivity index (χ1) is 17.1. The van der Waals surface area contributed by atoms with Crippen LogP contribution in [0, 0.1) is 11.7 Å². The molecule has 0 saturated carbocycles. The Kier molecular flexibility index (Phi) is 7.70. The zero-order chi connectivity index (χ0) is 26.0. The van der Waals surface area contributed by atoms with Crippen LogP contribution in [0.25, 0.3) is 11.3 Å². The van der Waals surface area contributed by atoms with Crippen molar-refractivity contribution in [2.45, 2.75) is 44.0 Å². The fraction of sp³-hybridized carbons (Fsp3) is 0.385. The normalized spacial score (nSPS) is 16.7. The van der Waals surface area contributed by atoms with Crippen LogP contribution in [0.2, 0.25) is 5.02 Å². The molecule has 4 rings (SSSR count). The molecule has 0 radical (unpaired) electrons. The van der Waals surface area contributed by atoms with Gasteiger partial charge in [-0.1, -0.05) is 29.4 Å². The summed E-state index contributed by atoms with van der Waals surface area (Å²) in [5.41, 5.74) is 1.04. The summed E-state index contributed by atoms with van der Waals surface area (Å²) in [6.45, 7) is 6.31. The molecule has 1 saturated heterocycles. The Morgan fingerprint density at radius 1 is 1.25 bits per heavy atom. The molecule has 1 amide bonds. The molecule has 1 aromatic carbocycles. The maximum atomic E-state index is 14.5. The number of carbonyl (C=O) groups excluding carboxylic acids is 1. The number of nitrogens with zero attached hydrogens (tertiary/aromatic N) is 4. The van der Waals surface area contributed by atoms with E-state index in [1.165, 1.54) is 30.0 Å². The molecular formula is C26H28ClFN4O3S. The summed E-state index contributed by atoms with van der Waals surface area (Å²) in [7, 11) is 0. The van der Waals surface area contributed by atoms with Crippen molar-refractivity contribution in [2.24, 2.45) is 5.92 Å².